The van der Waals surface area contributed by atoms with E-state index < -0.39 is 10.0 Å². The SMILES string of the molecule is CS(=O)(=O)N(Cc1ccc(F)cc1)c1ccc(C(=O)Nc2ccc(N3CCOCC3)cc2)cc1. The summed E-state index contributed by atoms with van der Waals surface area (Å²) in [6.45, 7) is 3.14. The van der Waals surface area contributed by atoms with Crippen molar-refractivity contribution >= 4 is 33.0 Å². The van der Waals surface area contributed by atoms with E-state index in [4.69, 9.17) is 4.74 Å². The molecule has 178 valence electrons. The molecular formula is C25H26FN3O4S. The fraction of sp³-hybridized carbons (Fsp3) is 0.240. The summed E-state index contributed by atoms with van der Waals surface area (Å²) in [4.78, 5) is 14.9. The highest BCUT2D eigenvalue weighted by Crippen LogP contribution is 2.23. The molecular weight excluding hydrogens is 457 g/mol. The third-order valence-corrected chi connectivity index (χ3v) is 6.70. The molecule has 0 radical (unpaired) electrons. The molecule has 0 aliphatic carbocycles. The average molecular weight is 484 g/mol. The minimum Gasteiger partial charge on any atom is -0.378 e. The summed E-state index contributed by atoms with van der Waals surface area (Å²) < 4.78 is 44.5. The van der Waals surface area contributed by atoms with E-state index in [0.717, 1.165) is 25.0 Å². The summed E-state index contributed by atoms with van der Waals surface area (Å²) in [5, 5.41) is 2.86. The zero-order valence-electron chi connectivity index (χ0n) is 18.8. The summed E-state index contributed by atoms with van der Waals surface area (Å²) in [5.41, 5.74) is 3.21. The van der Waals surface area contributed by atoms with E-state index in [-0.39, 0.29) is 18.3 Å². The summed E-state index contributed by atoms with van der Waals surface area (Å²) >= 11 is 0. The van der Waals surface area contributed by atoms with Gasteiger partial charge in [0.15, 0.2) is 0 Å². The molecule has 0 spiro atoms. The predicted molar refractivity (Wildman–Crippen MR) is 131 cm³/mol. The number of hydrogen-bond acceptors (Lipinski definition) is 5. The van der Waals surface area contributed by atoms with Crippen LogP contribution in [0.2, 0.25) is 0 Å². The van der Waals surface area contributed by atoms with Gasteiger partial charge in [0, 0.05) is 30.0 Å². The number of morpholine rings is 1. The zero-order valence-corrected chi connectivity index (χ0v) is 19.6. The second-order valence-electron chi connectivity index (χ2n) is 8.04. The maximum atomic E-state index is 13.2. The van der Waals surface area contributed by atoms with E-state index in [2.05, 4.69) is 10.2 Å². The zero-order chi connectivity index (χ0) is 24.1. The van der Waals surface area contributed by atoms with E-state index in [1.807, 2.05) is 24.3 Å². The molecule has 4 rings (SSSR count). The van der Waals surface area contributed by atoms with Crippen LogP contribution < -0.4 is 14.5 Å². The maximum Gasteiger partial charge on any atom is 0.255 e. The van der Waals surface area contributed by atoms with Crippen molar-refractivity contribution in [2.45, 2.75) is 6.54 Å². The van der Waals surface area contributed by atoms with E-state index in [1.54, 1.807) is 36.4 Å². The highest BCUT2D eigenvalue weighted by atomic mass is 32.2. The van der Waals surface area contributed by atoms with Crippen LogP contribution in [0.4, 0.5) is 21.5 Å². The van der Waals surface area contributed by atoms with Crippen LogP contribution in [0.3, 0.4) is 0 Å². The van der Waals surface area contributed by atoms with Crippen molar-refractivity contribution < 1.29 is 22.3 Å². The minimum absolute atomic E-state index is 0.0557. The summed E-state index contributed by atoms with van der Waals surface area (Å²) in [5.74, 6) is -0.684. The second kappa shape index (κ2) is 10.2. The number of sulfonamides is 1. The van der Waals surface area contributed by atoms with E-state index >= 15 is 0 Å². The number of anilines is 3. The number of carbonyl (C=O) groups excluding carboxylic acids is 1. The van der Waals surface area contributed by atoms with Gasteiger partial charge >= 0.3 is 0 Å². The van der Waals surface area contributed by atoms with Gasteiger partial charge in [0.05, 0.1) is 31.7 Å². The Morgan fingerprint density at radius 2 is 1.59 bits per heavy atom. The lowest BCUT2D eigenvalue weighted by molar-refractivity contribution is 0.102. The first-order chi connectivity index (χ1) is 16.3. The molecule has 3 aromatic carbocycles. The van der Waals surface area contributed by atoms with Crippen LogP contribution in [0.1, 0.15) is 15.9 Å². The summed E-state index contributed by atoms with van der Waals surface area (Å²) in [7, 11) is -3.59. The van der Waals surface area contributed by atoms with Crippen LogP contribution in [0, 0.1) is 5.82 Å². The van der Waals surface area contributed by atoms with Crippen LogP contribution in [-0.2, 0) is 21.3 Å². The van der Waals surface area contributed by atoms with Crippen LogP contribution in [0.5, 0.6) is 0 Å². The van der Waals surface area contributed by atoms with Gasteiger partial charge in [0.25, 0.3) is 5.91 Å². The Hall–Kier alpha value is -3.43. The lowest BCUT2D eigenvalue weighted by Crippen LogP contribution is -2.36. The fourth-order valence-corrected chi connectivity index (χ4v) is 4.60. The van der Waals surface area contributed by atoms with Gasteiger partial charge in [0.2, 0.25) is 10.0 Å². The number of ether oxygens (including phenoxy) is 1. The van der Waals surface area contributed by atoms with Crippen molar-refractivity contribution in [3.8, 4) is 0 Å². The van der Waals surface area contributed by atoms with Crippen molar-refractivity contribution in [2.24, 2.45) is 0 Å². The van der Waals surface area contributed by atoms with E-state index in [9.17, 15) is 17.6 Å². The minimum atomic E-state index is -3.59. The first kappa shape index (κ1) is 23.7. The molecule has 1 aliphatic rings. The molecule has 1 fully saturated rings. The number of halogens is 1. The number of amides is 1. The van der Waals surface area contributed by atoms with Crippen LogP contribution >= 0.6 is 0 Å². The summed E-state index contributed by atoms with van der Waals surface area (Å²) in [6.07, 6.45) is 1.11. The first-order valence-corrected chi connectivity index (χ1v) is 12.7. The number of carbonyl (C=O) groups is 1. The number of nitrogens with zero attached hydrogens (tertiary/aromatic N) is 2. The van der Waals surface area contributed by atoms with Crippen LogP contribution in [0.25, 0.3) is 0 Å². The molecule has 0 bridgehead atoms. The average Bonchev–Trinajstić information content (AvgIpc) is 2.84. The highest BCUT2D eigenvalue weighted by Gasteiger charge is 2.19. The third-order valence-electron chi connectivity index (χ3n) is 5.56. The van der Waals surface area contributed by atoms with Gasteiger partial charge in [-0.1, -0.05) is 12.1 Å². The lowest BCUT2D eigenvalue weighted by Gasteiger charge is -2.28. The molecule has 1 N–H and O–H groups in total. The fourth-order valence-electron chi connectivity index (χ4n) is 3.72. The number of rotatable bonds is 7. The molecule has 9 heteroatoms. The Labute approximate surface area is 198 Å². The number of nitrogens with one attached hydrogen (secondary N) is 1. The number of hydrogen-bond donors (Lipinski definition) is 1. The van der Waals surface area contributed by atoms with Gasteiger partial charge in [-0.15, -0.1) is 0 Å². The quantitative estimate of drug-likeness (QED) is 0.552. The largest absolute Gasteiger partial charge is 0.378 e. The third kappa shape index (κ3) is 5.92. The van der Waals surface area contributed by atoms with Gasteiger partial charge in [-0.3, -0.25) is 9.10 Å². The Kier molecular flexibility index (Phi) is 7.14. The second-order valence-corrected chi connectivity index (χ2v) is 9.95. The van der Waals surface area contributed by atoms with Gasteiger partial charge in [-0.05, 0) is 66.2 Å². The highest BCUT2D eigenvalue weighted by molar-refractivity contribution is 7.92. The molecule has 0 atom stereocenters. The van der Waals surface area contributed by atoms with Gasteiger partial charge < -0.3 is 15.0 Å². The standard InChI is InChI=1S/C25H26FN3O4S/c1-34(31,32)29(18-19-2-6-21(26)7-3-19)24-10-4-20(5-11-24)25(30)27-22-8-12-23(13-9-22)28-14-16-33-17-15-28/h2-13H,14-18H2,1H3,(H,27,30). The van der Waals surface area contributed by atoms with E-state index in [0.29, 0.717) is 35.7 Å². The van der Waals surface area contributed by atoms with Gasteiger partial charge in [-0.25, -0.2) is 12.8 Å². The molecule has 0 saturated carbocycles. The van der Waals surface area contributed by atoms with Crippen molar-refractivity contribution in [1.82, 2.24) is 0 Å². The molecule has 1 saturated heterocycles. The first-order valence-electron chi connectivity index (χ1n) is 10.9. The number of benzene rings is 3. The molecule has 0 aromatic heterocycles. The van der Waals surface area contributed by atoms with Crippen molar-refractivity contribution in [1.29, 1.82) is 0 Å². The Bertz CT molecular complexity index is 1220. The molecule has 3 aromatic rings. The Morgan fingerprint density at radius 1 is 0.971 bits per heavy atom. The molecule has 7 nitrogen and oxygen atoms in total. The van der Waals surface area contributed by atoms with Crippen molar-refractivity contribution in [3.63, 3.8) is 0 Å². The van der Waals surface area contributed by atoms with Crippen LogP contribution in [-0.4, -0.2) is 46.9 Å². The van der Waals surface area contributed by atoms with Crippen molar-refractivity contribution in [2.75, 3.05) is 47.1 Å². The molecule has 1 heterocycles. The van der Waals surface area contributed by atoms with Gasteiger partial charge in [-0.2, -0.15) is 0 Å². The van der Waals surface area contributed by atoms with Gasteiger partial charge in [0.1, 0.15) is 5.82 Å². The Morgan fingerprint density at radius 3 is 2.18 bits per heavy atom. The molecule has 1 amide bonds. The lowest BCUT2D eigenvalue weighted by atomic mass is 10.1. The smallest absolute Gasteiger partial charge is 0.255 e. The Balaban J connectivity index is 1.44. The monoisotopic (exact) mass is 483 g/mol. The predicted octanol–water partition coefficient (Wildman–Crippen LogP) is 3.88. The topological polar surface area (TPSA) is 79.0 Å². The van der Waals surface area contributed by atoms with Crippen LogP contribution in [0.15, 0.2) is 72.8 Å². The molecule has 0 unspecified atom stereocenters. The molecule has 34 heavy (non-hydrogen) atoms. The summed E-state index contributed by atoms with van der Waals surface area (Å²) in [6, 6.07) is 19.6. The maximum absolute atomic E-state index is 13.2. The normalized spacial score (nSPS) is 14.0. The van der Waals surface area contributed by atoms with E-state index in [1.165, 1.54) is 16.4 Å². The molecule has 1 aliphatic heterocycles. The van der Waals surface area contributed by atoms with Crippen molar-refractivity contribution in [3.05, 3.63) is 89.7 Å².